The predicted octanol–water partition coefficient (Wildman–Crippen LogP) is 4.90. The molecule has 4 nitrogen and oxygen atoms in total. The van der Waals surface area contributed by atoms with E-state index < -0.39 is 0 Å². The van der Waals surface area contributed by atoms with Crippen molar-refractivity contribution >= 4 is 44.4 Å². The molecule has 0 aliphatic carbocycles. The number of aromatic nitrogens is 1. The first-order valence-corrected chi connectivity index (χ1v) is 11.2. The summed E-state index contributed by atoms with van der Waals surface area (Å²) in [4.78, 5) is 22.5. The minimum atomic E-state index is -0.352. The van der Waals surface area contributed by atoms with Gasteiger partial charge in [0.2, 0.25) is 5.91 Å². The Balaban J connectivity index is 1.80. The third-order valence-electron chi connectivity index (χ3n) is 4.53. The highest BCUT2D eigenvalue weighted by Crippen LogP contribution is 2.31. The van der Waals surface area contributed by atoms with E-state index in [0.717, 1.165) is 29.2 Å². The largest absolute Gasteiger partial charge is 0.302 e. The molecule has 7 heteroatoms. The standard InChI is InChI=1S/C21H24FN3OS2/c1-3-24(4-2)13-14-25(19(26)15-27-16-9-6-5-7-10-16)21-23-20-17(22)11-8-12-18(20)28-21/h5-12H,3-4,13-15H2,1-2H3. The average Bonchev–Trinajstić information content (AvgIpc) is 3.15. The van der Waals surface area contributed by atoms with E-state index in [4.69, 9.17) is 0 Å². The summed E-state index contributed by atoms with van der Waals surface area (Å²) in [5.41, 5.74) is 0.332. The lowest BCUT2D eigenvalue weighted by molar-refractivity contribution is -0.116. The van der Waals surface area contributed by atoms with Crippen molar-refractivity contribution in [3.05, 3.63) is 54.3 Å². The molecule has 1 heterocycles. The number of thioether (sulfide) groups is 1. The highest BCUT2D eigenvalue weighted by molar-refractivity contribution is 8.00. The number of hydrogen-bond donors (Lipinski definition) is 0. The van der Waals surface area contributed by atoms with Crippen LogP contribution >= 0.6 is 23.1 Å². The van der Waals surface area contributed by atoms with Gasteiger partial charge in [0.25, 0.3) is 0 Å². The summed E-state index contributed by atoms with van der Waals surface area (Å²) in [7, 11) is 0. The number of fused-ring (bicyclic) bond motifs is 1. The van der Waals surface area contributed by atoms with Crippen molar-refractivity contribution in [3.8, 4) is 0 Å². The van der Waals surface area contributed by atoms with Crippen LogP contribution in [0.2, 0.25) is 0 Å². The van der Waals surface area contributed by atoms with Gasteiger partial charge in [-0.05, 0) is 37.4 Å². The first-order chi connectivity index (χ1) is 13.6. The highest BCUT2D eigenvalue weighted by Gasteiger charge is 2.21. The summed E-state index contributed by atoms with van der Waals surface area (Å²) in [5, 5.41) is 0.561. The van der Waals surface area contributed by atoms with Crippen molar-refractivity contribution in [3.63, 3.8) is 0 Å². The number of carbonyl (C=O) groups excluding carboxylic acids is 1. The fraction of sp³-hybridized carbons (Fsp3) is 0.333. The SMILES string of the molecule is CCN(CC)CCN(C(=O)CSc1ccccc1)c1nc2c(F)cccc2s1. The third-order valence-corrected chi connectivity index (χ3v) is 6.57. The lowest BCUT2D eigenvalue weighted by Gasteiger charge is -2.24. The van der Waals surface area contributed by atoms with Gasteiger partial charge in [0, 0.05) is 18.0 Å². The second kappa shape index (κ2) is 10.0. The highest BCUT2D eigenvalue weighted by atomic mass is 32.2. The number of halogens is 1. The molecule has 0 aliphatic heterocycles. The Morgan fingerprint density at radius 3 is 2.50 bits per heavy atom. The number of hydrogen-bond acceptors (Lipinski definition) is 5. The van der Waals surface area contributed by atoms with Crippen LogP contribution < -0.4 is 4.90 Å². The molecule has 1 aromatic heterocycles. The number of rotatable bonds is 9. The van der Waals surface area contributed by atoms with E-state index in [1.165, 1.54) is 29.2 Å². The lowest BCUT2D eigenvalue weighted by Crippen LogP contribution is -2.39. The molecule has 3 aromatic rings. The molecule has 28 heavy (non-hydrogen) atoms. The van der Waals surface area contributed by atoms with Crippen LogP contribution in [-0.4, -0.2) is 47.7 Å². The number of benzene rings is 2. The van der Waals surface area contributed by atoms with Crippen molar-refractivity contribution in [1.82, 2.24) is 9.88 Å². The van der Waals surface area contributed by atoms with Crippen LogP contribution in [0.15, 0.2) is 53.4 Å². The molecule has 148 valence electrons. The number of anilines is 1. The Bertz CT molecular complexity index is 912. The number of thiazole rings is 1. The van der Waals surface area contributed by atoms with E-state index in [1.807, 2.05) is 36.4 Å². The molecule has 0 spiro atoms. The van der Waals surface area contributed by atoms with Crippen molar-refractivity contribution in [1.29, 1.82) is 0 Å². The van der Waals surface area contributed by atoms with Crippen molar-refractivity contribution < 1.29 is 9.18 Å². The van der Waals surface area contributed by atoms with Gasteiger partial charge in [0.1, 0.15) is 11.3 Å². The summed E-state index contributed by atoms with van der Waals surface area (Å²) < 4.78 is 14.8. The topological polar surface area (TPSA) is 36.4 Å². The molecule has 0 saturated carbocycles. The Labute approximate surface area is 173 Å². The monoisotopic (exact) mass is 417 g/mol. The maximum Gasteiger partial charge on any atom is 0.239 e. The van der Waals surface area contributed by atoms with Crippen LogP contribution in [-0.2, 0) is 4.79 Å². The van der Waals surface area contributed by atoms with Gasteiger partial charge in [-0.3, -0.25) is 9.69 Å². The van der Waals surface area contributed by atoms with Crippen molar-refractivity contribution in [2.75, 3.05) is 36.8 Å². The molecule has 0 aliphatic rings. The van der Waals surface area contributed by atoms with Crippen LogP contribution in [0.3, 0.4) is 0 Å². The summed E-state index contributed by atoms with van der Waals surface area (Å²) in [6, 6.07) is 14.8. The van der Waals surface area contributed by atoms with Crippen molar-refractivity contribution in [2.45, 2.75) is 18.7 Å². The van der Waals surface area contributed by atoms with Gasteiger partial charge in [-0.1, -0.05) is 49.4 Å². The Morgan fingerprint density at radius 1 is 1.07 bits per heavy atom. The second-order valence-electron chi connectivity index (χ2n) is 6.26. The van der Waals surface area contributed by atoms with Crippen LogP contribution in [0.1, 0.15) is 13.8 Å². The maximum absolute atomic E-state index is 14.1. The van der Waals surface area contributed by atoms with Gasteiger partial charge >= 0.3 is 0 Å². The summed E-state index contributed by atoms with van der Waals surface area (Å²) in [6.07, 6.45) is 0. The van der Waals surface area contributed by atoms with Gasteiger partial charge in [-0.15, -0.1) is 11.8 Å². The van der Waals surface area contributed by atoms with E-state index >= 15 is 0 Å². The second-order valence-corrected chi connectivity index (χ2v) is 8.31. The molecular weight excluding hydrogens is 393 g/mol. The molecule has 0 saturated heterocycles. The lowest BCUT2D eigenvalue weighted by atomic mass is 10.3. The normalized spacial score (nSPS) is 11.3. The molecule has 0 unspecified atom stereocenters. The number of amides is 1. The molecule has 0 atom stereocenters. The number of likely N-dealkylation sites (N-methyl/N-ethyl adjacent to an activating group) is 1. The van der Waals surface area contributed by atoms with Gasteiger partial charge in [0.15, 0.2) is 5.13 Å². The van der Waals surface area contributed by atoms with Crippen LogP contribution in [0.5, 0.6) is 0 Å². The van der Waals surface area contributed by atoms with Gasteiger partial charge in [0.05, 0.1) is 10.5 Å². The minimum absolute atomic E-state index is 0.0135. The molecule has 3 rings (SSSR count). The maximum atomic E-state index is 14.1. The fourth-order valence-electron chi connectivity index (χ4n) is 2.87. The van der Waals surface area contributed by atoms with E-state index in [9.17, 15) is 9.18 Å². The van der Waals surface area contributed by atoms with Crippen LogP contribution in [0, 0.1) is 5.82 Å². The van der Waals surface area contributed by atoms with Gasteiger partial charge in [-0.2, -0.15) is 0 Å². The minimum Gasteiger partial charge on any atom is -0.302 e. The van der Waals surface area contributed by atoms with Crippen LogP contribution in [0.25, 0.3) is 10.2 Å². The summed E-state index contributed by atoms with van der Waals surface area (Å²) in [6.45, 7) is 7.35. The molecular formula is C21H24FN3OS2. The Kier molecular flexibility index (Phi) is 7.42. The van der Waals surface area contributed by atoms with Crippen LogP contribution in [0.4, 0.5) is 9.52 Å². The zero-order valence-corrected chi connectivity index (χ0v) is 17.7. The molecule has 0 N–H and O–H groups in total. The molecule has 0 bridgehead atoms. The summed E-state index contributed by atoms with van der Waals surface area (Å²) in [5.74, 6) is -0.0454. The van der Waals surface area contributed by atoms with E-state index in [0.29, 0.717) is 22.9 Å². The van der Waals surface area contributed by atoms with Gasteiger partial charge < -0.3 is 4.90 Å². The smallest absolute Gasteiger partial charge is 0.239 e. The Hall–Kier alpha value is -1.96. The summed E-state index contributed by atoms with van der Waals surface area (Å²) >= 11 is 2.87. The van der Waals surface area contributed by atoms with Gasteiger partial charge in [-0.25, -0.2) is 9.37 Å². The zero-order chi connectivity index (χ0) is 19.9. The predicted molar refractivity (Wildman–Crippen MR) is 117 cm³/mol. The first-order valence-electron chi connectivity index (χ1n) is 9.38. The zero-order valence-electron chi connectivity index (χ0n) is 16.1. The molecule has 0 radical (unpaired) electrons. The molecule has 2 aromatic carbocycles. The Morgan fingerprint density at radius 2 is 1.82 bits per heavy atom. The van der Waals surface area contributed by atoms with E-state index in [2.05, 4.69) is 23.7 Å². The average molecular weight is 418 g/mol. The molecule has 1 amide bonds. The fourth-order valence-corrected chi connectivity index (χ4v) is 4.69. The quantitative estimate of drug-likeness (QED) is 0.464. The first kappa shape index (κ1) is 20.8. The number of nitrogens with zero attached hydrogens (tertiary/aromatic N) is 3. The number of carbonyl (C=O) groups is 1. The van der Waals surface area contributed by atoms with Crippen molar-refractivity contribution in [2.24, 2.45) is 0 Å². The van der Waals surface area contributed by atoms with E-state index in [-0.39, 0.29) is 11.7 Å². The van der Waals surface area contributed by atoms with E-state index in [1.54, 1.807) is 11.0 Å². The number of para-hydroxylation sites is 1. The third kappa shape index (κ3) is 5.10. The molecule has 0 fully saturated rings.